The molecule has 2 N–H and O–H groups in total. The first-order chi connectivity index (χ1) is 5.33. The van der Waals surface area contributed by atoms with Crippen LogP contribution in [0.15, 0.2) is 0 Å². The molecule has 0 aliphatic carbocycles. The lowest BCUT2D eigenvalue weighted by Crippen LogP contribution is -2.08. The summed E-state index contributed by atoms with van der Waals surface area (Å²) in [4.78, 5) is 17.9. The van der Waals surface area contributed by atoms with Crippen LogP contribution in [0, 0.1) is 0 Å². The number of nitrogens with zero attached hydrogens (tertiary/aromatic N) is 1. The van der Waals surface area contributed by atoms with Crippen molar-refractivity contribution in [2.24, 2.45) is 0 Å². The Morgan fingerprint density at radius 3 is 1.67 bits per heavy atom. The third kappa shape index (κ3) is 22.5. The number of phosphoric ester groups is 1. The van der Waals surface area contributed by atoms with Crippen LogP contribution in [0.1, 0.15) is 13.8 Å². The van der Waals surface area contributed by atoms with Crippen LogP contribution < -0.4 is 0 Å². The highest BCUT2D eigenvalue weighted by Gasteiger charge is 2.10. The predicted octanol–water partition coefficient (Wildman–Crippen LogP) is 0.683. The number of rotatable bonds is 3. The van der Waals surface area contributed by atoms with Gasteiger partial charge in [-0.1, -0.05) is 6.92 Å². The second-order valence-corrected chi connectivity index (χ2v) is 3.54. The van der Waals surface area contributed by atoms with Gasteiger partial charge in [0.05, 0.1) is 6.61 Å². The molecule has 0 saturated carbocycles. The Morgan fingerprint density at radius 1 is 1.33 bits per heavy atom. The molecule has 0 aliphatic heterocycles. The van der Waals surface area contributed by atoms with Crippen molar-refractivity contribution in [1.82, 2.24) is 4.90 Å². The van der Waals surface area contributed by atoms with Crippen LogP contribution in [0.2, 0.25) is 0 Å². The molecule has 0 fully saturated rings. The molecule has 0 amide bonds. The Hall–Kier alpha value is 0.0700. The normalized spacial score (nSPS) is 10.9. The third-order valence-corrected chi connectivity index (χ3v) is 1.52. The Morgan fingerprint density at radius 2 is 1.67 bits per heavy atom. The molecule has 0 aromatic heterocycles. The highest BCUT2D eigenvalue weighted by atomic mass is 31.2. The zero-order chi connectivity index (χ0) is 10.2. The quantitative estimate of drug-likeness (QED) is 0.654. The van der Waals surface area contributed by atoms with E-state index in [1.807, 2.05) is 0 Å². The summed E-state index contributed by atoms with van der Waals surface area (Å²) in [6, 6.07) is 0. The van der Waals surface area contributed by atoms with Crippen molar-refractivity contribution >= 4 is 7.82 Å². The maximum absolute atomic E-state index is 9.70. The minimum atomic E-state index is -4.17. The molecule has 0 aromatic carbocycles. The molecule has 0 aliphatic rings. The zero-order valence-corrected chi connectivity index (χ0v) is 8.91. The van der Waals surface area contributed by atoms with E-state index in [1.54, 1.807) is 0 Å². The molecule has 0 rings (SSSR count). The van der Waals surface area contributed by atoms with Crippen LogP contribution in [0.5, 0.6) is 0 Å². The molecule has 12 heavy (non-hydrogen) atoms. The molecular formula is C6H18NO4P. The first-order valence-corrected chi connectivity index (χ1v) is 5.21. The van der Waals surface area contributed by atoms with E-state index in [4.69, 9.17) is 9.79 Å². The van der Waals surface area contributed by atoms with Gasteiger partial charge in [0, 0.05) is 0 Å². The van der Waals surface area contributed by atoms with Crippen LogP contribution in [-0.4, -0.2) is 41.9 Å². The number of hydrogen-bond acceptors (Lipinski definition) is 3. The molecule has 5 nitrogen and oxygen atoms in total. The maximum atomic E-state index is 9.70. The van der Waals surface area contributed by atoms with Crippen molar-refractivity contribution in [3.63, 3.8) is 0 Å². The SMILES string of the molecule is CCN(C)C.CCOP(=O)(O)O. The van der Waals surface area contributed by atoms with Gasteiger partial charge in [0.2, 0.25) is 0 Å². The molecule has 0 aromatic rings. The average molecular weight is 199 g/mol. The molecule has 76 valence electrons. The van der Waals surface area contributed by atoms with E-state index in [-0.39, 0.29) is 6.61 Å². The molecule has 0 bridgehead atoms. The summed E-state index contributed by atoms with van der Waals surface area (Å²) in [7, 11) is -0.0546. The van der Waals surface area contributed by atoms with Crippen molar-refractivity contribution in [3.05, 3.63) is 0 Å². The van der Waals surface area contributed by atoms with E-state index in [2.05, 4.69) is 30.4 Å². The molecule has 0 heterocycles. The van der Waals surface area contributed by atoms with Gasteiger partial charge in [-0.2, -0.15) is 0 Å². The first kappa shape index (κ1) is 14.6. The van der Waals surface area contributed by atoms with Crippen molar-refractivity contribution in [2.45, 2.75) is 13.8 Å². The van der Waals surface area contributed by atoms with Crippen molar-refractivity contribution in [2.75, 3.05) is 27.2 Å². The van der Waals surface area contributed by atoms with Gasteiger partial charge in [0.1, 0.15) is 0 Å². The standard InChI is InChI=1S/C4H11N.C2H7O4P/c1-4-5(2)3;1-2-6-7(3,4)5/h4H2,1-3H3;2H2,1H3,(H2,3,4,5). The molecular weight excluding hydrogens is 181 g/mol. The fourth-order valence-electron chi connectivity index (χ4n) is 0.168. The van der Waals surface area contributed by atoms with Gasteiger partial charge < -0.3 is 14.7 Å². The minimum absolute atomic E-state index is 0.0459. The lowest BCUT2D eigenvalue weighted by molar-refractivity contribution is 0.206. The summed E-state index contributed by atoms with van der Waals surface area (Å²) in [6.45, 7) is 4.82. The van der Waals surface area contributed by atoms with Gasteiger partial charge >= 0.3 is 7.82 Å². The summed E-state index contributed by atoms with van der Waals surface area (Å²) in [5.74, 6) is 0. The monoisotopic (exact) mass is 199 g/mol. The Balaban J connectivity index is 0. The van der Waals surface area contributed by atoms with Crippen molar-refractivity contribution in [3.8, 4) is 0 Å². The van der Waals surface area contributed by atoms with Gasteiger partial charge in [-0.3, -0.25) is 4.52 Å². The lowest BCUT2D eigenvalue weighted by atomic mass is 10.7. The maximum Gasteiger partial charge on any atom is 0.469 e. The van der Waals surface area contributed by atoms with Crippen LogP contribution in [-0.2, 0) is 9.09 Å². The summed E-state index contributed by atoms with van der Waals surface area (Å²) < 4.78 is 13.6. The van der Waals surface area contributed by atoms with E-state index in [0.717, 1.165) is 6.54 Å². The van der Waals surface area contributed by atoms with Crippen LogP contribution >= 0.6 is 7.82 Å². The van der Waals surface area contributed by atoms with E-state index >= 15 is 0 Å². The van der Waals surface area contributed by atoms with Gasteiger partial charge in [0.15, 0.2) is 0 Å². The summed E-state index contributed by atoms with van der Waals surface area (Å²) in [5, 5.41) is 0. The summed E-state index contributed by atoms with van der Waals surface area (Å²) in [6.07, 6.45) is 0. The van der Waals surface area contributed by atoms with Crippen LogP contribution in [0.3, 0.4) is 0 Å². The fraction of sp³-hybridized carbons (Fsp3) is 1.00. The Bertz CT molecular complexity index is 134. The zero-order valence-electron chi connectivity index (χ0n) is 8.02. The predicted molar refractivity (Wildman–Crippen MR) is 47.9 cm³/mol. The second kappa shape index (κ2) is 7.71. The van der Waals surface area contributed by atoms with Crippen LogP contribution in [0.4, 0.5) is 0 Å². The van der Waals surface area contributed by atoms with E-state index < -0.39 is 7.82 Å². The van der Waals surface area contributed by atoms with Gasteiger partial charge in [0.25, 0.3) is 0 Å². The van der Waals surface area contributed by atoms with Gasteiger partial charge in [-0.05, 0) is 27.6 Å². The second-order valence-electron chi connectivity index (χ2n) is 2.30. The number of hydrogen-bond donors (Lipinski definition) is 2. The molecule has 0 spiro atoms. The first-order valence-electron chi connectivity index (χ1n) is 3.68. The molecule has 0 saturated heterocycles. The highest BCUT2D eigenvalue weighted by molar-refractivity contribution is 7.46. The Labute approximate surface area is 73.6 Å². The lowest BCUT2D eigenvalue weighted by Gasteiger charge is -2.00. The average Bonchev–Trinajstić information content (AvgIpc) is 1.86. The minimum Gasteiger partial charge on any atom is -0.310 e. The van der Waals surface area contributed by atoms with E-state index in [0.29, 0.717) is 0 Å². The van der Waals surface area contributed by atoms with E-state index in [1.165, 1.54) is 6.92 Å². The number of phosphoric acid groups is 1. The van der Waals surface area contributed by atoms with Gasteiger partial charge in [-0.15, -0.1) is 0 Å². The molecule has 0 unspecified atom stereocenters. The largest absolute Gasteiger partial charge is 0.469 e. The van der Waals surface area contributed by atoms with Gasteiger partial charge in [-0.25, -0.2) is 4.57 Å². The molecule has 0 radical (unpaired) electrons. The van der Waals surface area contributed by atoms with Crippen molar-refractivity contribution < 1.29 is 18.9 Å². The summed E-state index contributed by atoms with van der Waals surface area (Å²) >= 11 is 0. The highest BCUT2D eigenvalue weighted by Crippen LogP contribution is 2.34. The molecule has 0 atom stereocenters. The van der Waals surface area contributed by atoms with Crippen LogP contribution in [0.25, 0.3) is 0 Å². The molecule has 6 heteroatoms. The van der Waals surface area contributed by atoms with Crippen molar-refractivity contribution in [1.29, 1.82) is 0 Å². The summed E-state index contributed by atoms with van der Waals surface area (Å²) in [5.41, 5.74) is 0. The smallest absolute Gasteiger partial charge is 0.310 e. The topological polar surface area (TPSA) is 70.0 Å². The fourth-order valence-corrected chi connectivity index (χ4v) is 0.505. The third-order valence-electron chi connectivity index (χ3n) is 0.930. The van der Waals surface area contributed by atoms with E-state index in [9.17, 15) is 4.57 Å². The Kier molecular flexibility index (Phi) is 9.37.